The molecule has 2 heterocycles. The van der Waals surface area contributed by atoms with Gasteiger partial charge in [-0.25, -0.2) is 10.1 Å². The molecule has 0 amide bonds. The van der Waals surface area contributed by atoms with Gasteiger partial charge in [0.05, 0.1) is 6.61 Å². The Labute approximate surface area is 86.3 Å². The summed E-state index contributed by atoms with van der Waals surface area (Å²) in [5, 5.41) is 5.54. The van der Waals surface area contributed by atoms with Gasteiger partial charge >= 0.3 is 10.3 Å². The minimum Gasteiger partial charge on any atom is -0.346 e. The summed E-state index contributed by atoms with van der Waals surface area (Å²) in [6.45, 7) is -0.0927. The Morgan fingerprint density at radius 2 is 2.33 bits per heavy atom. The number of fused-ring (bicyclic) bond motifs is 1. The highest BCUT2D eigenvalue weighted by Gasteiger charge is 2.07. The summed E-state index contributed by atoms with van der Waals surface area (Å²) in [6, 6.07) is 3.58. The highest BCUT2D eigenvalue weighted by Crippen LogP contribution is 2.16. The first-order valence-corrected chi connectivity index (χ1v) is 5.61. The summed E-state index contributed by atoms with van der Waals surface area (Å²) in [7, 11) is -3.90. The number of rotatable bonds is 3. The third-order valence-electron chi connectivity index (χ3n) is 1.92. The minimum atomic E-state index is -3.90. The molecular weight excluding hydrogens is 218 g/mol. The molecule has 0 spiro atoms. The monoisotopic (exact) mass is 227 g/mol. The number of H-pyrrole nitrogens is 1. The molecule has 0 saturated carbocycles. The number of aromatic amines is 1. The van der Waals surface area contributed by atoms with E-state index in [4.69, 9.17) is 5.14 Å². The van der Waals surface area contributed by atoms with Crippen LogP contribution in [-0.2, 0) is 21.1 Å². The fourth-order valence-electron chi connectivity index (χ4n) is 1.28. The van der Waals surface area contributed by atoms with Crippen molar-refractivity contribution in [2.45, 2.75) is 6.61 Å². The second-order valence-electron chi connectivity index (χ2n) is 2.97. The lowest BCUT2D eigenvalue weighted by atomic mass is 10.2. The summed E-state index contributed by atoms with van der Waals surface area (Å²) in [4.78, 5) is 6.95. The van der Waals surface area contributed by atoms with Crippen molar-refractivity contribution in [1.29, 1.82) is 0 Å². The molecule has 2 rings (SSSR count). The molecule has 80 valence electrons. The first-order valence-electron chi connectivity index (χ1n) is 4.14. The molecule has 2 aromatic heterocycles. The topological polar surface area (TPSA) is 98.1 Å². The van der Waals surface area contributed by atoms with Gasteiger partial charge in [0.2, 0.25) is 0 Å². The Bertz CT molecular complexity index is 576. The summed E-state index contributed by atoms with van der Waals surface area (Å²) in [6.07, 6.45) is 3.28. The predicted octanol–water partition coefficient (Wildman–Crippen LogP) is 0.283. The second-order valence-corrected chi connectivity index (χ2v) is 4.19. The van der Waals surface area contributed by atoms with Gasteiger partial charge < -0.3 is 4.98 Å². The summed E-state index contributed by atoms with van der Waals surface area (Å²) in [5.41, 5.74) is 1.39. The van der Waals surface area contributed by atoms with Crippen LogP contribution in [0.1, 0.15) is 5.56 Å². The lowest BCUT2D eigenvalue weighted by Gasteiger charge is -1.98. The highest BCUT2D eigenvalue weighted by atomic mass is 32.2. The van der Waals surface area contributed by atoms with Crippen molar-refractivity contribution in [3.63, 3.8) is 0 Å². The maximum atomic E-state index is 10.6. The SMILES string of the molecule is NS(=O)(=O)OCc1c[nH]c2ncccc12. The van der Waals surface area contributed by atoms with Crippen molar-refractivity contribution in [3.05, 3.63) is 30.1 Å². The molecule has 7 heteroatoms. The molecule has 15 heavy (non-hydrogen) atoms. The molecule has 6 nitrogen and oxygen atoms in total. The maximum Gasteiger partial charge on any atom is 0.333 e. The largest absolute Gasteiger partial charge is 0.346 e. The number of nitrogens with two attached hydrogens (primary N) is 1. The molecule has 0 aliphatic rings. The van der Waals surface area contributed by atoms with E-state index in [1.54, 1.807) is 18.5 Å². The van der Waals surface area contributed by atoms with Crippen LogP contribution in [0.2, 0.25) is 0 Å². The average molecular weight is 227 g/mol. The van der Waals surface area contributed by atoms with Gasteiger partial charge in [0, 0.05) is 23.3 Å². The van der Waals surface area contributed by atoms with Crippen LogP contribution in [0, 0.1) is 0 Å². The minimum absolute atomic E-state index is 0.0927. The molecule has 2 aromatic rings. The van der Waals surface area contributed by atoms with E-state index < -0.39 is 10.3 Å². The molecule has 0 bridgehead atoms. The Balaban J connectivity index is 2.29. The predicted molar refractivity (Wildman–Crippen MR) is 54.0 cm³/mol. The standard InChI is InChI=1S/C8H9N3O3S/c9-15(12,13)14-5-6-4-11-8-7(6)2-1-3-10-8/h1-4H,5H2,(H,10,11)(H2,9,12,13). The first kappa shape index (κ1) is 10.1. The summed E-state index contributed by atoms with van der Waals surface area (Å²) >= 11 is 0. The van der Waals surface area contributed by atoms with E-state index in [0.717, 1.165) is 5.39 Å². The van der Waals surface area contributed by atoms with Crippen LogP contribution in [-0.4, -0.2) is 18.4 Å². The number of pyridine rings is 1. The third kappa shape index (κ3) is 2.32. The number of nitrogens with zero attached hydrogens (tertiary/aromatic N) is 1. The van der Waals surface area contributed by atoms with Crippen molar-refractivity contribution in [3.8, 4) is 0 Å². The van der Waals surface area contributed by atoms with E-state index in [9.17, 15) is 8.42 Å². The smallest absolute Gasteiger partial charge is 0.333 e. The first-order chi connectivity index (χ1) is 7.06. The van der Waals surface area contributed by atoms with Crippen LogP contribution in [0.3, 0.4) is 0 Å². The van der Waals surface area contributed by atoms with E-state index in [2.05, 4.69) is 14.2 Å². The second kappa shape index (κ2) is 3.61. The molecule has 0 aliphatic carbocycles. The van der Waals surface area contributed by atoms with Crippen LogP contribution in [0.5, 0.6) is 0 Å². The van der Waals surface area contributed by atoms with E-state index in [1.807, 2.05) is 6.07 Å². The lowest BCUT2D eigenvalue weighted by molar-refractivity contribution is 0.310. The van der Waals surface area contributed by atoms with Gasteiger partial charge in [-0.15, -0.1) is 0 Å². The van der Waals surface area contributed by atoms with Gasteiger partial charge in [-0.3, -0.25) is 4.18 Å². The molecule has 0 radical (unpaired) electrons. The van der Waals surface area contributed by atoms with Crippen molar-refractivity contribution >= 4 is 21.3 Å². The summed E-state index contributed by atoms with van der Waals surface area (Å²) in [5.74, 6) is 0. The fourth-order valence-corrected chi connectivity index (χ4v) is 1.57. The number of nitrogens with one attached hydrogen (secondary N) is 1. The summed E-state index contributed by atoms with van der Waals surface area (Å²) < 4.78 is 25.7. The van der Waals surface area contributed by atoms with Gasteiger partial charge in [-0.05, 0) is 12.1 Å². The van der Waals surface area contributed by atoms with Gasteiger partial charge in [0.1, 0.15) is 5.65 Å². The lowest BCUT2D eigenvalue weighted by Crippen LogP contribution is -2.15. The number of aromatic nitrogens is 2. The van der Waals surface area contributed by atoms with Crippen molar-refractivity contribution < 1.29 is 12.6 Å². The van der Waals surface area contributed by atoms with Crippen LogP contribution in [0.15, 0.2) is 24.5 Å². The van der Waals surface area contributed by atoms with Gasteiger partial charge in [-0.2, -0.15) is 8.42 Å². The zero-order valence-electron chi connectivity index (χ0n) is 7.67. The Kier molecular flexibility index (Phi) is 2.43. The van der Waals surface area contributed by atoms with Crippen LogP contribution < -0.4 is 5.14 Å². The van der Waals surface area contributed by atoms with E-state index in [0.29, 0.717) is 11.2 Å². The van der Waals surface area contributed by atoms with Crippen LogP contribution in [0.4, 0.5) is 0 Å². The van der Waals surface area contributed by atoms with Crippen LogP contribution in [0.25, 0.3) is 11.0 Å². The Hall–Kier alpha value is -1.44. The highest BCUT2D eigenvalue weighted by molar-refractivity contribution is 7.84. The third-order valence-corrected chi connectivity index (χ3v) is 2.36. The molecule has 0 aromatic carbocycles. The van der Waals surface area contributed by atoms with E-state index >= 15 is 0 Å². The molecule has 0 fully saturated rings. The van der Waals surface area contributed by atoms with E-state index in [-0.39, 0.29) is 6.61 Å². The zero-order chi connectivity index (χ0) is 10.9. The molecule has 0 atom stereocenters. The van der Waals surface area contributed by atoms with Crippen molar-refractivity contribution in [2.75, 3.05) is 0 Å². The van der Waals surface area contributed by atoms with Gasteiger partial charge in [0.15, 0.2) is 0 Å². The number of hydrogen-bond donors (Lipinski definition) is 2. The Morgan fingerprint density at radius 1 is 1.53 bits per heavy atom. The molecule has 0 saturated heterocycles. The molecule has 0 unspecified atom stereocenters. The van der Waals surface area contributed by atoms with Crippen LogP contribution >= 0.6 is 0 Å². The molecular formula is C8H9N3O3S. The average Bonchev–Trinajstić information content (AvgIpc) is 2.57. The maximum absolute atomic E-state index is 10.6. The molecule has 3 N–H and O–H groups in total. The van der Waals surface area contributed by atoms with Crippen molar-refractivity contribution in [2.24, 2.45) is 5.14 Å². The molecule has 0 aliphatic heterocycles. The van der Waals surface area contributed by atoms with Crippen molar-refractivity contribution in [1.82, 2.24) is 9.97 Å². The normalized spacial score (nSPS) is 12.1. The van der Waals surface area contributed by atoms with E-state index in [1.165, 1.54) is 0 Å². The fraction of sp³-hybridized carbons (Fsp3) is 0.125. The Morgan fingerprint density at radius 3 is 3.07 bits per heavy atom. The zero-order valence-corrected chi connectivity index (χ0v) is 8.49. The number of hydrogen-bond acceptors (Lipinski definition) is 4. The van der Waals surface area contributed by atoms with Gasteiger partial charge in [0.25, 0.3) is 0 Å². The quantitative estimate of drug-likeness (QED) is 0.786. The van der Waals surface area contributed by atoms with Gasteiger partial charge in [-0.1, -0.05) is 0 Å².